The summed E-state index contributed by atoms with van der Waals surface area (Å²) in [5, 5.41) is 0.260. The SMILES string of the molecule is COC(=O)[C@H]1Cc2ccccc2CN1C(=O)CSc1nc(N)nc(N)n1. The second-order valence-electron chi connectivity index (χ2n) is 5.66. The van der Waals surface area contributed by atoms with Gasteiger partial charge in [-0.15, -0.1) is 0 Å². The van der Waals surface area contributed by atoms with Crippen molar-refractivity contribution in [1.29, 1.82) is 0 Å². The Morgan fingerprint density at radius 2 is 1.85 bits per heavy atom. The number of fused-ring (bicyclic) bond motifs is 1. The topological polar surface area (TPSA) is 137 Å². The molecule has 2 heterocycles. The Bertz CT molecular complexity index is 826. The molecule has 1 aromatic carbocycles. The van der Waals surface area contributed by atoms with Crippen molar-refractivity contribution in [3.8, 4) is 0 Å². The molecule has 0 saturated carbocycles. The zero-order chi connectivity index (χ0) is 18.7. The number of aromatic nitrogens is 3. The zero-order valence-corrected chi connectivity index (χ0v) is 14.9. The molecule has 136 valence electrons. The van der Waals surface area contributed by atoms with Crippen LogP contribution in [-0.2, 0) is 27.3 Å². The molecule has 2 aromatic rings. The Morgan fingerprint density at radius 3 is 2.50 bits per heavy atom. The maximum absolute atomic E-state index is 12.7. The largest absolute Gasteiger partial charge is 0.467 e. The van der Waals surface area contributed by atoms with Gasteiger partial charge in [-0.1, -0.05) is 36.0 Å². The van der Waals surface area contributed by atoms with Crippen LogP contribution in [-0.4, -0.2) is 50.6 Å². The Morgan fingerprint density at radius 1 is 1.19 bits per heavy atom. The highest BCUT2D eigenvalue weighted by molar-refractivity contribution is 7.99. The molecule has 26 heavy (non-hydrogen) atoms. The number of anilines is 2. The first-order valence-corrected chi connectivity index (χ1v) is 8.80. The molecule has 9 nitrogen and oxygen atoms in total. The van der Waals surface area contributed by atoms with Gasteiger partial charge in [-0.25, -0.2) is 4.79 Å². The van der Waals surface area contributed by atoms with E-state index in [9.17, 15) is 9.59 Å². The Kier molecular flexibility index (Phi) is 5.21. The first kappa shape index (κ1) is 17.9. The van der Waals surface area contributed by atoms with Gasteiger partial charge >= 0.3 is 5.97 Å². The van der Waals surface area contributed by atoms with E-state index in [1.807, 2.05) is 24.3 Å². The molecular weight excluding hydrogens is 356 g/mol. The third-order valence-corrected chi connectivity index (χ3v) is 4.85. The molecule has 0 radical (unpaired) electrons. The average molecular weight is 374 g/mol. The molecule has 3 rings (SSSR count). The lowest BCUT2D eigenvalue weighted by molar-refractivity contribution is -0.153. The predicted octanol–water partition coefficient (Wildman–Crippen LogP) is 0.255. The van der Waals surface area contributed by atoms with Gasteiger partial charge in [0.15, 0.2) is 5.16 Å². The molecule has 1 aromatic heterocycles. The number of carbonyl (C=O) groups is 2. The van der Waals surface area contributed by atoms with Crippen LogP contribution >= 0.6 is 11.8 Å². The van der Waals surface area contributed by atoms with Gasteiger partial charge in [0.05, 0.1) is 12.9 Å². The number of esters is 1. The predicted molar refractivity (Wildman–Crippen MR) is 95.9 cm³/mol. The molecule has 0 spiro atoms. The van der Waals surface area contributed by atoms with Crippen LogP contribution in [0.2, 0.25) is 0 Å². The van der Waals surface area contributed by atoms with E-state index in [1.54, 1.807) is 0 Å². The molecule has 1 aliphatic rings. The molecular formula is C16H18N6O3S. The summed E-state index contributed by atoms with van der Waals surface area (Å²) in [7, 11) is 1.32. The zero-order valence-electron chi connectivity index (χ0n) is 14.1. The minimum Gasteiger partial charge on any atom is -0.467 e. The quantitative estimate of drug-likeness (QED) is 0.570. The van der Waals surface area contributed by atoms with Crippen molar-refractivity contribution < 1.29 is 14.3 Å². The van der Waals surface area contributed by atoms with Gasteiger partial charge in [0, 0.05) is 13.0 Å². The lowest BCUT2D eigenvalue weighted by Gasteiger charge is -2.35. The first-order valence-electron chi connectivity index (χ1n) is 7.82. The number of rotatable bonds is 4. The molecule has 0 bridgehead atoms. The molecule has 0 fully saturated rings. The number of ether oxygens (including phenoxy) is 1. The Hall–Kier alpha value is -2.88. The number of hydrogen-bond acceptors (Lipinski definition) is 9. The number of thioether (sulfide) groups is 1. The van der Waals surface area contributed by atoms with Crippen LogP contribution in [0.15, 0.2) is 29.4 Å². The summed E-state index contributed by atoms with van der Waals surface area (Å²) in [5.41, 5.74) is 13.1. The van der Waals surface area contributed by atoms with Crippen LogP contribution in [0.4, 0.5) is 11.9 Å². The normalized spacial score (nSPS) is 16.0. The fourth-order valence-corrected chi connectivity index (χ4v) is 3.53. The number of methoxy groups -OCH3 is 1. The highest BCUT2D eigenvalue weighted by atomic mass is 32.2. The fourth-order valence-electron chi connectivity index (χ4n) is 2.79. The number of nitrogen functional groups attached to an aromatic ring is 2. The van der Waals surface area contributed by atoms with Gasteiger partial charge < -0.3 is 21.1 Å². The average Bonchev–Trinajstić information content (AvgIpc) is 2.63. The maximum atomic E-state index is 12.7. The van der Waals surface area contributed by atoms with E-state index in [1.165, 1.54) is 12.0 Å². The van der Waals surface area contributed by atoms with Gasteiger partial charge in [-0.2, -0.15) is 15.0 Å². The standard InChI is InChI=1S/C16H18N6O3S/c1-25-13(24)11-6-9-4-2-3-5-10(9)7-22(11)12(23)8-26-16-20-14(17)19-15(18)21-16/h2-5,11H,6-8H2,1H3,(H4,17,18,19,20,21)/t11-/m1/s1. The van der Waals surface area contributed by atoms with E-state index in [0.717, 1.165) is 22.9 Å². The second-order valence-corrected chi connectivity index (χ2v) is 6.60. The summed E-state index contributed by atoms with van der Waals surface area (Å²) in [6, 6.07) is 7.07. The lowest BCUT2D eigenvalue weighted by Crippen LogP contribution is -2.49. The number of nitrogens with zero attached hydrogens (tertiary/aromatic N) is 4. The Balaban J connectivity index is 1.76. The van der Waals surface area contributed by atoms with E-state index < -0.39 is 12.0 Å². The van der Waals surface area contributed by atoms with E-state index >= 15 is 0 Å². The van der Waals surface area contributed by atoms with Crippen molar-refractivity contribution in [3.05, 3.63) is 35.4 Å². The number of amides is 1. The van der Waals surface area contributed by atoms with Crippen LogP contribution in [0.1, 0.15) is 11.1 Å². The minimum atomic E-state index is -0.656. The van der Waals surface area contributed by atoms with Crippen molar-refractivity contribution >= 4 is 35.5 Å². The second kappa shape index (κ2) is 7.56. The fraction of sp³-hybridized carbons (Fsp3) is 0.312. The van der Waals surface area contributed by atoms with Crippen LogP contribution in [0, 0.1) is 0 Å². The monoisotopic (exact) mass is 374 g/mol. The smallest absolute Gasteiger partial charge is 0.328 e. The van der Waals surface area contributed by atoms with Crippen molar-refractivity contribution in [2.75, 3.05) is 24.3 Å². The highest BCUT2D eigenvalue weighted by Crippen LogP contribution is 2.25. The molecule has 1 atom stereocenters. The summed E-state index contributed by atoms with van der Waals surface area (Å²) in [6.07, 6.45) is 0.422. The summed E-state index contributed by atoms with van der Waals surface area (Å²) in [5.74, 6) is -0.638. The molecule has 4 N–H and O–H groups in total. The van der Waals surface area contributed by atoms with Gasteiger partial charge in [0.2, 0.25) is 17.8 Å². The van der Waals surface area contributed by atoms with Crippen molar-refractivity contribution in [3.63, 3.8) is 0 Å². The summed E-state index contributed by atoms with van der Waals surface area (Å²) >= 11 is 1.09. The molecule has 1 aliphatic heterocycles. The molecule has 0 aliphatic carbocycles. The van der Waals surface area contributed by atoms with Crippen LogP contribution in [0.25, 0.3) is 0 Å². The van der Waals surface area contributed by atoms with Crippen LogP contribution in [0.3, 0.4) is 0 Å². The molecule has 0 unspecified atom stereocenters. The van der Waals surface area contributed by atoms with E-state index in [4.69, 9.17) is 16.2 Å². The van der Waals surface area contributed by atoms with Crippen LogP contribution < -0.4 is 11.5 Å². The maximum Gasteiger partial charge on any atom is 0.328 e. The number of hydrogen-bond donors (Lipinski definition) is 2. The van der Waals surface area contributed by atoms with Gasteiger partial charge in [0.25, 0.3) is 0 Å². The molecule has 1 amide bonds. The number of benzene rings is 1. The molecule has 0 saturated heterocycles. The van der Waals surface area contributed by atoms with E-state index in [0.29, 0.717) is 13.0 Å². The Labute approximate surface area is 154 Å². The summed E-state index contributed by atoms with van der Waals surface area (Å²) in [4.78, 5) is 38.0. The van der Waals surface area contributed by atoms with Crippen molar-refractivity contribution in [2.45, 2.75) is 24.2 Å². The third kappa shape index (κ3) is 3.85. The van der Waals surface area contributed by atoms with Gasteiger partial charge in [-0.05, 0) is 11.1 Å². The highest BCUT2D eigenvalue weighted by Gasteiger charge is 2.35. The minimum absolute atomic E-state index is 0.00761. The number of nitrogens with two attached hydrogens (primary N) is 2. The molecule has 10 heteroatoms. The summed E-state index contributed by atoms with van der Waals surface area (Å²) < 4.78 is 4.87. The van der Waals surface area contributed by atoms with E-state index in [-0.39, 0.29) is 28.7 Å². The summed E-state index contributed by atoms with van der Waals surface area (Å²) in [6.45, 7) is 0.344. The van der Waals surface area contributed by atoms with E-state index in [2.05, 4.69) is 15.0 Å². The lowest BCUT2D eigenvalue weighted by atomic mass is 9.94. The van der Waals surface area contributed by atoms with Crippen molar-refractivity contribution in [1.82, 2.24) is 19.9 Å². The van der Waals surface area contributed by atoms with Gasteiger partial charge in [0.1, 0.15) is 6.04 Å². The third-order valence-electron chi connectivity index (χ3n) is 4.02. The number of carbonyl (C=O) groups excluding carboxylic acids is 2. The van der Waals surface area contributed by atoms with Crippen molar-refractivity contribution in [2.24, 2.45) is 0 Å². The van der Waals surface area contributed by atoms with Crippen LogP contribution in [0.5, 0.6) is 0 Å². The first-order chi connectivity index (χ1) is 12.5. The van der Waals surface area contributed by atoms with Gasteiger partial charge in [-0.3, -0.25) is 4.79 Å².